The Balaban J connectivity index is 1.44. The van der Waals surface area contributed by atoms with E-state index in [1.54, 1.807) is 23.5 Å². The lowest BCUT2D eigenvalue weighted by Crippen LogP contribution is -2.38. The van der Waals surface area contributed by atoms with Crippen molar-refractivity contribution in [3.05, 3.63) is 51.9 Å². The number of carbonyl (C=O) groups excluding carboxylic acids is 2. The number of nitrogens with zero attached hydrogens (tertiary/aromatic N) is 1. The molecule has 0 radical (unpaired) electrons. The van der Waals surface area contributed by atoms with E-state index in [1.807, 2.05) is 18.2 Å². The van der Waals surface area contributed by atoms with Gasteiger partial charge in [-0.15, -0.1) is 11.3 Å². The molecule has 1 unspecified atom stereocenters. The first-order valence-electron chi connectivity index (χ1n) is 11.2. The Hall–Kier alpha value is -2.22. The molecule has 2 amide bonds. The van der Waals surface area contributed by atoms with Crippen LogP contribution in [0.25, 0.3) is 0 Å². The van der Waals surface area contributed by atoms with Gasteiger partial charge in [-0.05, 0) is 55.8 Å². The average Bonchev–Trinajstić information content (AvgIpc) is 3.14. The van der Waals surface area contributed by atoms with Crippen molar-refractivity contribution in [3.63, 3.8) is 0 Å². The van der Waals surface area contributed by atoms with Gasteiger partial charge in [-0.3, -0.25) is 14.5 Å². The summed E-state index contributed by atoms with van der Waals surface area (Å²) in [6.45, 7) is 7.33. The number of ether oxygens (including phenoxy) is 1. The molecule has 2 aromatic rings. The molecule has 31 heavy (non-hydrogen) atoms. The summed E-state index contributed by atoms with van der Waals surface area (Å²) in [6.07, 6.45) is 3.84. The number of amides is 2. The maximum atomic E-state index is 13.2. The molecular formula is C24H31N3O3S. The number of benzene rings is 1. The summed E-state index contributed by atoms with van der Waals surface area (Å²) in [7, 11) is 0. The van der Waals surface area contributed by atoms with Gasteiger partial charge >= 0.3 is 0 Å². The highest BCUT2D eigenvalue weighted by molar-refractivity contribution is 7.17. The topological polar surface area (TPSA) is 70.7 Å². The number of hydrogen-bond donors (Lipinski definition) is 2. The first-order valence-corrected chi connectivity index (χ1v) is 12.0. The van der Waals surface area contributed by atoms with Gasteiger partial charge in [-0.2, -0.15) is 0 Å². The first kappa shape index (κ1) is 22.0. The van der Waals surface area contributed by atoms with E-state index in [9.17, 15) is 9.59 Å². The van der Waals surface area contributed by atoms with Gasteiger partial charge in [0.1, 0.15) is 5.00 Å². The van der Waals surface area contributed by atoms with Gasteiger partial charge in [-0.25, -0.2) is 0 Å². The Morgan fingerprint density at radius 3 is 2.71 bits per heavy atom. The number of morpholine rings is 1. The third-order valence-corrected chi connectivity index (χ3v) is 7.21. The van der Waals surface area contributed by atoms with Gasteiger partial charge in [0.15, 0.2) is 0 Å². The van der Waals surface area contributed by atoms with Crippen LogP contribution in [0, 0.1) is 5.92 Å². The zero-order valence-electron chi connectivity index (χ0n) is 18.1. The molecular weight excluding hydrogens is 410 g/mol. The Morgan fingerprint density at radius 2 is 1.94 bits per heavy atom. The third kappa shape index (κ3) is 5.53. The molecule has 1 aromatic heterocycles. The van der Waals surface area contributed by atoms with E-state index in [1.165, 1.54) is 4.88 Å². The quantitative estimate of drug-likeness (QED) is 0.645. The van der Waals surface area contributed by atoms with Crippen LogP contribution in [-0.4, -0.2) is 56.1 Å². The Morgan fingerprint density at radius 1 is 1.16 bits per heavy atom. The number of rotatable bonds is 7. The molecule has 1 atom stereocenters. The summed E-state index contributed by atoms with van der Waals surface area (Å²) in [5.74, 6) is 0.360. The fraction of sp³-hybridized carbons (Fsp3) is 0.500. The number of fused-ring (bicyclic) bond motifs is 1. The van der Waals surface area contributed by atoms with Crippen molar-refractivity contribution in [2.24, 2.45) is 5.92 Å². The molecule has 1 fully saturated rings. The molecule has 2 aliphatic rings. The number of thiophene rings is 1. The number of carbonyl (C=O) groups is 2. The average molecular weight is 442 g/mol. The molecule has 2 heterocycles. The van der Waals surface area contributed by atoms with Crippen molar-refractivity contribution in [2.45, 2.75) is 32.6 Å². The van der Waals surface area contributed by atoms with Crippen molar-refractivity contribution in [3.8, 4) is 0 Å². The van der Waals surface area contributed by atoms with Crippen molar-refractivity contribution < 1.29 is 14.3 Å². The highest BCUT2D eigenvalue weighted by atomic mass is 32.1. The number of nitrogens with one attached hydrogen (secondary N) is 2. The lowest BCUT2D eigenvalue weighted by molar-refractivity contribution is 0.0374. The summed E-state index contributed by atoms with van der Waals surface area (Å²) in [5.41, 5.74) is 2.39. The Bertz CT molecular complexity index is 906. The Kier molecular flexibility index (Phi) is 7.37. The largest absolute Gasteiger partial charge is 0.379 e. The maximum Gasteiger partial charge on any atom is 0.256 e. The molecule has 1 aliphatic heterocycles. The molecule has 1 aliphatic carbocycles. The van der Waals surface area contributed by atoms with E-state index in [4.69, 9.17) is 4.74 Å². The predicted molar refractivity (Wildman–Crippen MR) is 124 cm³/mol. The number of hydrogen-bond acceptors (Lipinski definition) is 5. The van der Waals surface area contributed by atoms with Crippen LogP contribution < -0.4 is 10.6 Å². The zero-order chi connectivity index (χ0) is 21.6. The standard InChI is InChI=1S/C24H31N3O3S/c1-17-8-9-19-20(16-17)31-24(26-22(28)18-6-3-2-4-7-18)21(19)23(29)25-10-5-11-27-12-14-30-15-13-27/h2-4,6-7,17H,5,8-16H2,1H3,(H,25,29)(H,26,28). The van der Waals surface area contributed by atoms with Gasteiger partial charge in [0.05, 0.1) is 18.8 Å². The monoisotopic (exact) mass is 441 g/mol. The maximum absolute atomic E-state index is 13.2. The minimum Gasteiger partial charge on any atom is -0.379 e. The molecule has 7 heteroatoms. The van der Waals surface area contributed by atoms with Crippen molar-refractivity contribution in [1.29, 1.82) is 0 Å². The fourth-order valence-corrected chi connectivity index (χ4v) is 5.66. The van der Waals surface area contributed by atoms with E-state index in [0.717, 1.165) is 64.1 Å². The molecule has 0 spiro atoms. The van der Waals surface area contributed by atoms with Crippen molar-refractivity contribution in [2.75, 3.05) is 44.7 Å². The molecule has 0 bridgehead atoms. The summed E-state index contributed by atoms with van der Waals surface area (Å²) >= 11 is 1.56. The molecule has 166 valence electrons. The summed E-state index contributed by atoms with van der Waals surface area (Å²) in [5, 5.41) is 6.80. The molecule has 1 aromatic carbocycles. The summed E-state index contributed by atoms with van der Waals surface area (Å²) in [4.78, 5) is 29.5. The van der Waals surface area contributed by atoms with Crippen LogP contribution in [0.15, 0.2) is 30.3 Å². The highest BCUT2D eigenvalue weighted by Gasteiger charge is 2.28. The normalized spacial score (nSPS) is 18.9. The van der Waals surface area contributed by atoms with Crippen LogP contribution in [0.3, 0.4) is 0 Å². The zero-order valence-corrected chi connectivity index (χ0v) is 18.9. The van der Waals surface area contributed by atoms with Crippen molar-refractivity contribution >= 4 is 28.2 Å². The van der Waals surface area contributed by atoms with Gasteiger partial charge < -0.3 is 15.4 Å². The minimum absolute atomic E-state index is 0.0719. The van der Waals surface area contributed by atoms with Gasteiger partial charge in [0, 0.05) is 30.1 Å². The van der Waals surface area contributed by atoms with Crippen LogP contribution in [0.4, 0.5) is 5.00 Å². The van der Waals surface area contributed by atoms with E-state index in [0.29, 0.717) is 28.6 Å². The predicted octanol–water partition coefficient (Wildman–Crippen LogP) is 3.58. The molecule has 0 saturated carbocycles. The van der Waals surface area contributed by atoms with Crippen LogP contribution in [0.1, 0.15) is 50.9 Å². The molecule has 1 saturated heterocycles. The third-order valence-electron chi connectivity index (χ3n) is 6.04. The SMILES string of the molecule is CC1CCc2c(sc(NC(=O)c3ccccc3)c2C(=O)NCCCN2CCOCC2)C1. The van der Waals surface area contributed by atoms with Crippen LogP contribution >= 0.6 is 11.3 Å². The first-order chi connectivity index (χ1) is 15.1. The second kappa shape index (κ2) is 10.4. The van der Waals surface area contributed by atoms with E-state index >= 15 is 0 Å². The minimum atomic E-state index is -0.173. The van der Waals surface area contributed by atoms with Gasteiger partial charge in [0.2, 0.25) is 0 Å². The van der Waals surface area contributed by atoms with Crippen LogP contribution in [0.2, 0.25) is 0 Å². The lowest BCUT2D eigenvalue weighted by atomic mass is 9.88. The van der Waals surface area contributed by atoms with Crippen molar-refractivity contribution in [1.82, 2.24) is 10.2 Å². The summed E-state index contributed by atoms with van der Waals surface area (Å²) in [6, 6.07) is 9.15. The second-order valence-corrected chi connectivity index (χ2v) is 9.54. The van der Waals surface area contributed by atoms with E-state index in [2.05, 4.69) is 22.5 Å². The molecule has 4 rings (SSSR count). The lowest BCUT2D eigenvalue weighted by Gasteiger charge is -2.26. The number of anilines is 1. The smallest absolute Gasteiger partial charge is 0.256 e. The fourth-order valence-electron chi connectivity index (χ4n) is 4.26. The molecule has 2 N–H and O–H groups in total. The molecule has 6 nitrogen and oxygen atoms in total. The van der Waals surface area contributed by atoms with Crippen LogP contribution in [-0.2, 0) is 17.6 Å². The van der Waals surface area contributed by atoms with E-state index in [-0.39, 0.29) is 11.8 Å². The van der Waals surface area contributed by atoms with Gasteiger partial charge in [0.25, 0.3) is 11.8 Å². The van der Waals surface area contributed by atoms with E-state index < -0.39 is 0 Å². The summed E-state index contributed by atoms with van der Waals surface area (Å²) < 4.78 is 5.39. The van der Waals surface area contributed by atoms with Gasteiger partial charge in [-0.1, -0.05) is 25.1 Å². The van der Waals surface area contributed by atoms with Crippen LogP contribution in [0.5, 0.6) is 0 Å². The second-order valence-electron chi connectivity index (χ2n) is 8.44. The highest BCUT2D eigenvalue weighted by Crippen LogP contribution is 2.39. The Labute approximate surface area is 188 Å².